The molecule has 0 saturated heterocycles. The maximum Gasteiger partial charge on any atom is 0.323 e. The maximum absolute atomic E-state index is 12.5. The largest absolute Gasteiger partial charge is 0.494 e. The Morgan fingerprint density at radius 1 is 0.781 bits per heavy atom. The fourth-order valence-electron chi connectivity index (χ4n) is 2.78. The molecule has 0 aromatic heterocycles. The molecule has 0 fully saturated rings. The fraction of sp³-hybridized carbons (Fsp3) is 0.0909. The second kappa shape index (κ2) is 9.84. The normalized spacial score (nSPS) is 10.7. The predicted octanol–water partition coefficient (Wildman–Crippen LogP) is 3.96. The summed E-state index contributed by atoms with van der Waals surface area (Å²) in [6.45, 7) is 0. The topological polar surface area (TPSA) is 126 Å². The zero-order valence-corrected chi connectivity index (χ0v) is 18.2. The smallest absolute Gasteiger partial charge is 0.323 e. The number of rotatable bonds is 7. The summed E-state index contributed by atoms with van der Waals surface area (Å²) in [5, 5.41) is 8.12. The summed E-state index contributed by atoms with van der Waals surface area (Å²) in [7, 11) is -2.07. The summed E-state index contributed by atoms with van der Waals surface area (Å²) in [5.41, 5.74) is 2.24. The summed E-state index contributed by atoms with van der Waals surface area (Å²) < 4.78 is 30.4. The van der Waals surface area contributed by atoms with Crippen molar-refractivity contribution in [3.8, 4) is 5.75 Å². The van der Waals surface area contributed by atoms with E-state index in [-0.39, 0.29) is 17.3 Å². The van der Waals surface area contributed by atoms with Crippen molar-refractivity contribution in [2.45, 2.75) is 0 Å². The van der Waals surface area contributed by atoms with Crippen LogP contribution < -0.4 is 25.4 Å². The molecule has 0 atom stereocenters. The summed E-state index contributed by atoms with van der Waals surface area (Å²) in [6, 6.07) is 19.5. The van der Waals surface area contributed by atoms with Gasteiger partial charge in [0.25, 0.3) is 5.91 Å². The van der Waals surface area contributed by atoms with Crippen molar-refractivity contribution in [3.05, 3.63) is 78.4 Å². The van der Waals surface area contributed by atoms with Crippen molar-refractivity contribution >= 4 is 44.7 Å². The van der Waals surface area contributed by atoms with E-state index >= 15 is 0 Å². The van der Waals surface area contributed by atoms with Crippen LogP contribution in [-0.4, -0.2) is 33.7 Å². The SMILES string of the molecule is COc1cc(NC(=O)c2ccc(NC(=O)Nc3ccccc3)cc2)ccc1NS(C)(=O)=O. The molecule has 0 aliphatic heterocycles. The molecule has 0 saturated carbocycles. The second-order valence-corrected chi connectivity index (χ2v) is 8.51. The van der Waals surface area contributed by atoms with Crippen molar-refractivity contribution in [2.24, 2.45) is 0 Å². The van der Waals surface area contributed by atoms with Gasteiger partial charge in [0.2, 0.25) is 10.0 Å². The number of sulfonamides is 1. The molecule has 0 aliphatic carbocycles. The molecule has 3 rings (SSSR count). The number of ether oxygens (including phenoxy) is 1. The van der Waals surface area contributed by atoms with E-state index < -0.39 is 16.1 Å². The average Bonchev–Trinajstić information content (AvgIpc) is 2.75. The van der Waals surface area contributed by atoms with Crippen LogP contribution in [0, 0.1) is 0 Å². The minimum atomic E-state index is -3.47. The van der Waals surface area contributed by atoms with Crippen molar-refractivity contribution in [3.63, 3.8) is 0 Å². The lowest BCUT2D eigenvalue weighted by Gasteiger charge is -2.12. The third kappa shape index (κ3) is 6.47. The number of benzene rings is 3. The van der Waals surface area contributed by atoms with Gasteiger partial charge in [0.15, 0.2) is 0 Å². The van der Waals surface area contributed by atoms with Crippen LogP contribution in [0.5, 0.6) is 5.75 Å². The van der Waals surface area contributed by atoms with Gasteiger partial charge in [0, 0.05) is 28.7 Å². The van der Waals surface area contributed by atoms with Crippen LogP contribution in [0.25, 0.3) is 0 Å². The molecule has 10 heteroatoms. The monoisotopic (exact) mass is 454 g/mol. The Morgan fingerprint density at radius 2 is 1.38 bits per heavy atom. The van der Waals surface area contributed by atoms with Gasteiger partial charge in [-0.25, -0.2) is 13.2 Å². The number of methoxy groups -OCH3 is 1. The highest BCUT2D eigenvalue weighted by atomic mass is 32.2. The molecule has 9 nitrogen and oxygen atoms in total. The van der Waals surface area contributed by atoms with Gasteiger partial charge in [0.05, 0.1) is 19.1 Å². The van der Waals surface area contributed by atoms with Crippen LogP contribution >= 0.6 is 0 Å². The van der Waals surface area contributed by atoms with Gasteiger partial charge in [-0.2, -0.15) is 0 Å². The van der Waals surface area contributed by atoms with Crippen molar-refractivity contribution in [2.75, 3.05) is 34.0 Å². The van der Waals surface area contributed by atoms with Crippen LogP contribution in [0.3, 0.4) is 0 Å². The highest BCUT2D eigenvalue weighted by Gasteiger charge is 2.12. The Bertz CT molecular complexity index is 1210. The Morgan fingerprint density at radius 3 is 1.97 bits per heavy atom. The summed E-state index contributed by atoms with van der Waals surface area (Å²) in [4.78, 5) is 24.6. The standard InChI is InChI=1S/C22H22N4O5S/c1-31-20-14-18(12-13-19(20)26-32(2,29)30)23-21(27)15-8-10-17(11-9-15)25-22(28)24-16-6-4-3-5-7-16/h3-14,26H,1-2H3,(H,23,27)(H2,24,25,28). The number of anilines is 4. The minimum Gasteiger partial charge on any atom is -0.494 e. The third-order valence-electron chi connectivity index (χ3n) is 4.19. The van der Waals surface area contributed by atoms with Crippen molar-refractivity contribution in [1.29, 1.82) is 0 Å². The highest BCUT2D eigenvalue weighted by Crippen LogP contribution is 2.29. The summed E-state index contributed by atoms with van der Waals surface area (Å²) in [5.74, 6) is -0.117. The Balaban J connectivity index is 1.62. The van der Waals surface area contributed by atoms with Gasteiger partial charge < -0.3 is 20.7 Å². The van der Waals surface area contributed by atoms with Crippen LogP contribution in [0.1, 0.15) is 10.4 Å². The van der Waals surface area contributed by atoms with E-state index in [9.17, 15) is 18.0 Å². The lowest BCUT2D eigenvalue weighted by molar-refractivity contribution is 0.102. The van der Waals surface area contributed by atoms with E-state index in [1.807, 2.05) is 18.2 Å². The predicted molar refractivity (Wildman–Crippen MR) is 125 cm³/mol. The molecule has 32 heavy (non-hydrogen) atoms. The highest BCUT2D eigenvalue weighted by molar-refractivity contribution is 7.92. The molecule has 0 radical (unpaired) electrons. The lowest BCUT2D eigenvalue weighted by atomic mass is 10.2. The number of nitrogens with one attached hydrogen (secondary N) is 4. The number of hydrogen-bond acceptors (Lipinski definition) is 5. The average molecular weight is 455 g/mol. The van der Waals surface area contributed by atoms with Gasteiger partial charge in [0.1, 0.15) is 5.75 Å². The fourth-order valence-corrected chi connectivity index (χ4v) is 3.34. The third-order valence-corrected chi connectivity index (χ3v) is 4.78. The van der Waals surface area contributed by atoms with E-state index in [1.165, 1.54) is 19.2 Å². The first-order chi connectivity index (χ1) is 15.2. The molecule has 166 valence electrons. The first-order valence-electron chi connectivity index (χ1n) is 9.44. The maximum atomic E-state index is 12.5. The Labute approximate surface area is 185 Å². The zero-order chi connectivity index (χ0) is 23.1. The number of urea groups is 1. The minimum absolute atomic E-state index is 0.261. The van der Waals surface area contributed by atoms with Crippen molar-refractivity contribution < 1.29 is 22.7 Å². The molecule has 0 spiro atoms. The Kier molecular flexibility index (Phi) is 6.96. The molecule has 0 bridgehead atoms. The molecular weight excluding hydrogens is 432 g/mol. The summed E-state index contributed by atoms with van der Waals surface area (Å²) >= 11 is 0. The quantitative estimate of drug-likeness (QED) is 0.430. The van der Waals surface area contributed by atoms with Crippen LogP contribution in [0.2, 0.25) is 0 Å². The van der Waals surface area contributed by atoms with E-state index in [1.54, 1.807) is 42.5 Å². The zero-order valence-electron chi connectivity index (χ0n) is 17.4. The van der Waals surface area contributed by atoms with Gasteiger partial charge in [-0.1, -0.05) is 18.2 Å². The number of amides is 3. The number of para-hydroxylation sites is 1. The van der Waals surface area contributed by atoms with E-state index in [4.69, 9.17) is 4.74 Å². The van der Waals surface area contributed by atoms with Gasteiger partial charge >= 0.3 is 6.03 Å². The molecular formula is C22H22N4O5S. The second-order valence-electron chi connectivity index (χ2n) is 6.77. The van der Waals surface area contributed by atoms with Crippen LogP contribution in [-0.2, 0) is 10.0 Å². The molecule has 0 unspecified atom stereocenters. The summed E-state index contributed by atoms with van der Waals surface area (Å²) in [6.07, 6.45) is 1.03. The molecule has 3 aromatic rings. The molecule has 3 amide bonds. The van der Waals surface area contributed by atoms with Crippen molar-refractivity contribution in [1.82, 2.24) is 0 Å². The number of carbonyl (C=O) groups is 2. The van der Waals surface area contributed by atoms with E-state index in [0.29, 0.717) is 22.6 Å². The Hall–Kier alpha value is -4.05. The molecule has 0 heterocycles. The van der Waals surface area contributed by atoms with E-state index in [2.05, 4.69) is 20.7 Å². The van der Waals surface area contributed by atoms with Gasteiger partial charge in [-0.15, -0.1) is 0 Å². The van der Waals surface area contributed by atoms with Gasteiger partial charge in [-0.3, -0.25) is 9.52 Å². The lowest BCUT2D eigenvalue weighted by Crippen LogP contribution is -2.19. The van der Waals surface area contributed by atoms with Gasteiger partial charge in [-0.05, 0) is 48.5 Å². The first kappa shape index (κ1) is 22.6. The first-order valence-corrected chi connectivity index (χ1v) is 11.3. The van der Waals surface area contributed by atoms with Crippen LogP contribution in [0.15, 0.2) is 72.8 Å². The number of carbonyl (C=O) groups excluding carboxylic acids is 2. The number of hydrogen-bond donors (Lipinski definition) is 4. The molecule has 4 N–H and O–H groups in total. The molecule has 0 aliphatic rings. The molecule has 3 aromatic carbocycles. The van der Waals surface area contributed by atoms with E-state index in [0.717, 1.165) is 6.26 Å². The van der Waals surface area contributed by atoms with Crippen LogP contribution in [0.4, 0.5) is 27.5 Å².